The number of carbonyl (C=O) groups excluding carboxylic acids is 1. The van der Waals surface area contributed by atoms with E-state index in [0.717, 1.165) is 47.7 Å². The van der Waals surface area contributed by atoms with Crippen LogP contribution in [0.25, 0.3) is 16.6 Å². The third kappa shape index (κ3) is 3.97. The molecule has 2 heterocycles. The Balaban J connectivity index is 1.59. The number of hydrogen-bond donors (Lipinski definition) is 0. The molecule has 170 valence electrons. The Labute approximate surface area is 192 Å². The second kappa shape index (κ2) is 8.69. The van der Waals surface area contributed by atoms with Gasteiger partial charge in [0.1, 0.15) is 11.5 Å². The SMILES string of the molecule is COc1cc(OC)cc(C(=O)N(Cc2cc3cc(C)ccc3n3nnnc23)C2CCCC2)c1. The van der Waals surface area contributed by atoms with Crippen molar-refractivity contribution < 1.29 is 14.3 Å². The van der Waals surface area contributed by atoms with Gasteiger partial charge < -0.3 is 14.4 Å². The molecule has 4 aromatic rings. The molecule has 8 nitrogen and oxygen atoms in total. The Hall–Kier alpha value is -3.68. The number of aromatic nitrogens is 4. The largest absolute Gasteiger partial charge is 0.497 e. The van der Waals surface area contributed by atoms with Crippen molar-refractivity contribution in [2.75, 3.05) is 14.2 Å². The van der Waals surface area contributed by atoms with E-state index in [4.69, 9.17) is 9.47 Å². The second-order valence-corrected chi connectivity index (χ2v) is 8.62. The molecular formula is C25H27N5O3. The van der Waals surface area contributed by atoms with Crippen molar-refractivity contribution in [1.29, 1.82) is 0 Å². The van der Waals surface area contributed by atoms with Gasteiger partial charge in [0.15, 0.2) is 5.65 Å². The molecule has 0 bridgehead atoms. The zero-order chi connectivity index (χ0) is 22.9. The van der Waals surface area contributed by atoms with E-state index in [1.54, 1.807) is 36.9 Å². The first-order chi connectivity index (χ1) is 16.1. The second-order valence-electron chi connectivity index (χ2n) is 8.62. The number of methoxy groups -OCH3 is 2. The van der Waals surface area contributed by atoms with Crippen molar-refractivity contribution in [2.24, 2.45) is 0 Å². The molecule has 8 heteroatoms. The van der Waals surface area contributed by atoms with Crippen LogP contribution < -0.4 is 9.47 Å². The van der Waals surface area contributed by atoms with Crippen LogP contribution in [0, 0.1) is 6.92 Å². The Morgan fingerprint density at radius 2 is 1.79 bits per heavy atom. The zero-order valence-electron chi connectivity index (χ0n) is 19.1. The first kappa shape index (κ1) is 21.2. The van der Waals surface area contributed by atoms with E-state index in [1.165, 1.54) is 0 Å². The first-order valence-electron chi connectivity index (χ1n) is 11.2. The molecule has 1 aliphatic carbocycles. The minimum Gasteiger partial charge on any atom is -0.497 e. The van der Waals surface area contributed by atoms with Crippen LogP contribution in [0.5, 0.6) is 11.5 Å². The highest BCUT2D eigenvalue weighted by Gasteiger charge is 2.29. The summed E-state index contributed by atoms with van der Waals surface area (Å²) < 4.78 is 12.6. The van der Waals surface area contributed by atoms with E-state index in [9.17, 15) is 4.79 Å². The van der Waals surface area contributed by atoms with Crippen molar-refractivity contribution in [3.63, 3.8) is 0 Å². The van der Waals surface area contributed by atoms with Crippen LogP contribution in [0.3, 0.4) is 0 Å². The van der Waals surface area contributed by atoms with Crippen LogP contribution >= 0.6 is 0 Å². The predicted molar refractivity (Wildman–Crippen MR) is 125 cm³/mol. The number of amides is 1. The molecule has 1 saturated carbocycles. The lowest BCUT2D eigenvalue weighted by Crippen LogP contribution is -2.38. The highest BCUT2D eigenvalue weighted by molar-refractivity contribution is 5.95. The fourth-order valence-corrected chi connectivity index (χ4v) is 4.76. The molecule has 0 atom stereocenters. The molecule has 2 aromatic heterocycles. The number of ether oxygens (including phenoxy) is 2. The quantitative estimate of drug-likeness (QED) is 0.443. The van der Waals surface area contributed by atoms with Gasteiger partial charge in [-0.3, -0.25) is 4.79 Å². The van der Waals surface area contributed by atoms with Crippen molar-refractivity contribution in [3.8, 4) is 11.5 Å². The molecule has 5 rings (SSSR count). The van der Waals surface area contributed by atoms with Gasteiger partial charge >= 0.3 is 0 Å². The normalized spacial score (nSPS) is 14.2. The van der Waals surface area contributed by atoms with Crippen molar-refractivity contribution in [3.05, 3.63) is 59.2 Å². The topological polar surface area (TPSA) is 81.9 Å². The lowest BCUT2D eigenvalue weighted by molar-refractivity contribution is 0.0664. The Morgan fingerprint density at radius 3 is 2.48 bits per heavy atom. The highest BCUT2D eigenvalue weighted by atomic mass is 16.5. The maximum Gasteiger partial charge on any atom is 0.254 e. The van der Waals surface area contributed by atoms with Crippen molar-refractivity contribution in [1.82, 2.24) is 24.9 Å². The van der Waals surface area contributed by atoms with E-state index in [2.05, 4.69) is 34.6 Å². The third-order valence-electron chi connectivity index (χ3n) is 6.46. The average Bonchev–Trinajstić information content (AvgIpc) is 3.54. The van der Waals surface area contributed by atoms with Gasteiger partial charge in [-0.2, -0.15) is 4.52 Å². The summed E-state index contributed by atoms with van der Waals surface area (Å²) in [6.07, 6.45) is 4.21. The Morgan fingerprint density at radius 1 is 1.06 bits per heavy atom. The van der Waals surface area contributed by atoms with Gasteiger partial charge in [-0.25, -0.2) is 0 Å². The predicted octanol–water partition coefficient (Wildman–Crippen LogP) is 4.19. The summed E-state index contributed by atoms with van der Waals surface area (Å²) in [5, 5.41) is 13.5. The van der Waals surface area contributed by atoms with Crippen LogP contribution in [-0.2, 0) is 6.54 Å². The fourth-order valence-electron chi connectivity index (χ4n) is 4.76. The van der Waals surface area contributed by atoms with Crippen LogP contribution in [0.2, 0.25) is 0 Å². The lowest BCUT2D eigenvalue weighted by atomic mass is 10.1. The summed E-state index contributed by atoms with van der Waals surface area (Å²) in [5.74, 6) is 1.14. The summed E-state index contributed by atoms with van der Waals surface area (Å²) >= 11 is 0. The van der Waals surface area contributed by atoms with Crippen LogP contribution in [0.1, 0.15) is 47.2 Å². The van der Waals surface area contributed by atoms with E-state index in [1.807, 2.05) is 17.0 Å². The van der Waals surface area contributed by atoms with Gasteiger partial charge in [0.05, 0.1) is 26.3 Å². The van der Waals surface area contributed by atoms with Crippen LogP contribution in [0.15, 0.2) is 42.5 Å². The number of fused-ring (bicyclic) bond motifs is 3. The van der Waals surface area contributed by atoms with Crippen molar-refractivity contribution >= 4 is 22.5 Å². The summed E-state index contributed by atoms with van der Waals surface area (Å²) in [4.78, 5) is 15.8. The molecule has 0 N–H and O–H groups in total. The molecule has 1 amide bonds. The molecular weight excluding hydrogens is 418 g/mol. The van der Waals surface area contributed by atoms with Gasteiger partial charge in [0.25, 0.3) is 5.91 Å². The van der Waals surface area contributed by atoms with Gasteiger partial charge in [-0.05, 0) is 60.5 Å². The smallest absolute Gasteiger partial charge is 0.254 e. The summed E-state index contributed by atoms with van der Waals surface area (Å²) in [6, 6.07) is 13.8. The van der Waals surface area contributed by atoms with Crippen molar-refractivity contribution in [2.45, 2.75) is 45.2 Å². The first-order valence-corrected chi connectivity index (χ1v) is 11.2. The van der Waals surface area contributed by atoms with E-state index in [0.29, 0.717) is 29.3 Å². The zero-order valence-corrected chi connectivity index (χ0v) is 19.1. The molecule has 33 heavy (non-hydrogen) atoms. The minimum atomic E-state index is -0.0472. The lowest BCUT2D eigenvalue weighted by Gasteiger charge is -2.29. The fraction of sp³-hybridized carbons (Fsp3) is 0.360. The molecule has 0 spiro atoms. The number of rotatable bonds is 6. The Kier molecular flexibility index (Phi) is 5.58. The molecule has 0 aliphatic heterocycles. The maximum atomic E-state index is 13.8. The Bertz CT molecular complexity index is 1300. The molecule has 2 aromatic carbocycles. The molecule has 0 unspecified atom stereocenters. The van der Waals surface area contributed by atoms with Crippen LogP contribution in [-0.4, -0.2) is 51.1 Å². The average molecular weight is 446 g/mol. The van der Waals surface area contributed by atoms with E-state index < -0.39 is 0 Å². The number of nitrogens with zero attached hydrogens (tertiary/aromatic N) is 5. The monoisotopic (exact) mass is 445 g/mol. The maximum absolute atomic E-state index is 13.8. The van der Waals surface area contributed by atoms with Gasteiger partial charge in [-0.15, -0.1) is 5.10 Å². The van der Waals surface area contributed by atoms with E-state index >= 15 is 0 Å². The number of carbonyl (C=O) groups is 1. The summed E-state index contributed by atoms with van der Waals surface area (Å²) in [6.45, 7) is 2.49. The summed E-state index contributed by atoms with van der Waals surface area (Å²) in [5.41, 5.74) is 4.25. The van der Waals surface area contributed by atoms with Gasteiger partial charge in [0.2, 0.25) is 0 Å². The highest BCUT2D eigenvalue weighted by Crippen LogP contribution is 2.30. The number of benzene rings is 2. The molecule has 0 radical (unpaired) electrons. The van der Waals surface area contributed by atoms with Gasteiger partial charge in [0, 0.05) is 28.6 Å². The number of aryl methyl sites for hydroxylation is 1. The summed E-state index contributed by atoms with van der Waals surface area (Å²) in [7, 11) is 3.17. The molecule has 1 fully saturated rings. The molecule has 0 saturated heterocycles. The number of tetrazole rings is 1. The number of hydrogen-bond acceptors (Lipinski definition) is 6. The van der Waals surface area contributed by atoms with Gasteiger partial charge in [-0.1, -0.05) is 24.5 Å². The standard InChI is InChI=1S/C25H27N5O3/c1-16-8-9-23-17(10-16)11-19(24-26-27-28-30(23)24)15-29(20-6-4-5-7-20)25(31)18-12-21(32-2)14-22(13-18)33-3/h8-14,20H,4-7,15H2,1-3H3. The van der Waals surface area contributed by atoms with Crippen LogP contribution in [0.4, 0.5) is 0 Å². The third-order valence-corrected chi connectivity index (χ3v) is 6.46. The van der Waals surface area contributed by atoms with E-state index in [-0.39, 0.29) is 11.9 Å². The molecule has 1 aliphatic rings. The number of pyridine rings is 1. The minimum absolute atomic E-state index is 0.0472.